The van der Waals surface area contributed by atoms with Crippen LogP contribution in [0.3, 0.4) is 0 Å². The summed E-state index contributed by atoms with van der Waals surface area (Å²) in [6.07, 6.45) is 0.563. The minimum absolute atomic E-state index is 0.0721. The summed E-state index contributed by atoms with van der Waals surface area (Å²) in [5.74, 6) is -0.394. The van der Waals surface area contributed by atoms with Gasteiger partial charge in [0.2, 0.25) is 0 Å². The highest BCUT2D eigenvalue weighted by atomic mass is 35.5. The van der Waals surface area contributed by atoms with Crippen molar-refractivity contribution in [3.8, 4) is 0 Å². The van der Waals surface area contributed by atoms with Crippen molar-refractivity contribution in [3.63, 3.8) is 0 Å². The second-order valence-electron chi connectivity index (χ2n) is 4.26. The molecule has 1 unspecified atom stereocenters. The van der Waals surface area contributed by atoms with Gasteiger partial charge in [-0.1, -0.05) is 18.5 Å². The molecule has 0 bridgehead atoms. The van der Waals surface area contributed by atoms with Crippen LogP contribution in [-0.2, 0) is 15.6 Å². The van der Waals surface area contributed by atoms with E-state index in [1.54, 1.807) is 6.92 Å². The number of halogens is 1. The summed E-state index contributed by atoms with van der Waals surface area (Å²) in [5, 5.41) is 10.6. The molecule has 106 valence electrons. The normalized spacial score (nSPS) is 13.2. The summed E-state index contributed by atoms with van der Waals surface area (Å²) in [6.45, 7) is 1.80. The van der Waals surface area contributed by atoms with Crippen molar-refractivity contribution in [2.75, 3.05) is 5.75 Å². The molecule has 0 amide bonds. The number of sulfone groups is 1. The number of hydrogen-bond donors (Lipinski definition) is 1. The van der Waals surface area contributed by atoms with Gasteiger partial charge in [0.05, 0.1) is 21.5 Å². The Bertz CT molecular complexity index is 574. The first-order valence-electron chi connectivity index (χ1n) is 5.64. The fourth-order valence-electron chi connectivity index (χ4n) is 1.51. The molecular weight excluding hydrogens is 292 g/mol. The van der Waals surface area contributed by atoms with Crippen molar-refractivity contribution in [1.82, 2.24) is 0 Å². The quantitative estimate of drug-likeness (QED) is 0.638. The van der Waals surface area contributed by atoms with E-state index in [1.807, 2.05) is 0 Å². The van der Waals surface area contributed by atoms with E-state index in [4.69, 9.17) is 17.3 Å². The van der Waals surface area contributed by atoms with Crippen molar-refractivity contribution in [1.29, 1.82) is 0 Å². The number of nitrogens with two attached hydrogens (primary N) is 1. The number of rotatable bonds is 6. The fraction of sp³-hybridized carbons (Fsp3) is 0.455. The Kier molecular flexibility index (Phi) is 5.28. The molecule has 2 N–H and O–H groups in total. The fourth-order valence-corrected chi connectivity index (χ4v) is 3.56. The van der Waals surface area contributed by atoms with E-state index in [2.05, 4.69) is 0 Å². The lowest BCUT2D eigenvalue weighted by Crippen LogP contribution is -2.29. The summed E-state index contributed by atoms with van der Waals surface area (Å²) in [5.41, 5.74) is 5.79. The summed E-state index contributed by atoms with van der Waals surface area (Å²) in [7, 11) is -3.38. The van der Waals surface area contributed by atoms with Gasteiger partial charge in [-0.25, -0.2) is 8.42 Å². The highest BCUT2D eigenvalue weighted by molar-refractivity contribution is 7.90. The molecule has 0 heterocycles. The van der Waals surface area contributed by atoms with E-state index < -0.39 is 20.8 Å². The van der Waals surface area contributed by atoms with Crippen LogP contribution < -0.4 is 5.73 Å². The van der Waals surface area contributed by atoms with E-state index in [9.17, 15) is 18.5 Å². The molecule has 0 fully saturated rings. The van der Waals surface area contributed by atoms with Crippen molar-refractivity contribution < 1.29 is 13.3 Å². The molecule has 0 aliphatic rings. The van der Waals surface area contributed by atoms with Gasteiger partial charge < -0.3 is 5.73 Å². The molecule has 0 aromatic heterocycles. The Morgan fingerprint density at radius 2 is 2.11 bits per heavy atom. The van der Waals surface area contributed by atoms with Gasteiger partial charge in [-0.05, 0) is 18.1 Å². The number of benzene rings is 1. The number of nitro groups is 1. The molecule has 0 spiro atoms. The lowest BCUT2D eigenvalue weighted by molar-refractivity contribution is -0.384. The average Bonchev–Trinajstić information content (AvgIpc) is 2.30. The smallest absolute Gasteiger partial charge is 0.270 e. The van der Waals surface area contributed by atoms with Gasteiger partial charge in [-0.15, -0.1) is 0 Å². The SMILES string of the molecule is CCC(N)CS(=O)(=O)Cc1ccc([N+](=O)[O-])cc1Cl. The molecule has 0 radical (unpaired) electrons. The Morgan fingerprint density at radius 1 is 1.47 bits per heavy atom. The lowest BCUT2D eigenvalue weighted by atomic mass is 10.2. The first-order valence-corrected chi connectivity index (χ1v) is 7.84. The number of nitrogens with zero attached hydrogens (tertiary/aromatic N) is 1. The highest BCUT2D eigenvalue weighted by Gasteiger charge is 2.19. The second-order valence-corrected chi connectivity index (χ2v) is 6.77. The molecule has 0 aliphatic heterocycles. The van der Waals surface area contributed by atoms with Gasteiger partial charge in [0.25, 0.3) is 5.69 Å². The summed E-state index contributed by atoms with van der Waals surface area (Å²) in [4.78, 5) is 9.96. The van der Waals surface area contributed by atoms with Crippen molar-refractivity contribution in [2.24, 2.45) is 5.73 Å². The van der Waals surface area contributed by atoms with Crippen LogP contribution in [0.2, 0.25) is 5.02 Å². The predicted octanol–water partition coefficient (Wildman–Crippen LogP) is 1.90. The molecule has 6 nitrogen and oxygen atoms in total. The zero-order chi connectivity index (χ0) is 14.6. The summed E-state index contributed by atoms with van der Waals surface area (Å²) in [6, 6.07) is 3.32. The van der Waals surface area contributed by atoms with Crippen LogP contribution in [-0.4, -0.2) is 25.1 Å². The maximum atomic E-state index is 11.9. The van der Waals surface area contributed by atoms with Crippen LogP contribution in [0.4, 0.5) is 5.69 Å². The highest BCUT2D eigenvalue weighted by Crippen LogP contribution is 2.24. The van der Waals surface area contributed by atoms with Gasteiger partial charge in [-0.2, -0.15) is 0 Å². The van der Waals surface area contributed by atoms with Gasteiger partial charge in [0.1, 0.15) is 0 Å². The first-order chi connectivity index (χ1) is 8.75. The zero-order valence-electron chi connectivity index (χ0n) is 10.4. The van der Waals surface area contributed by atoms with Gasteiger partial charge in [0.15, 0.2) is 9.84 Å². The Hall–Kier alpha value is -1.18. The third-order valence-corrected chi connectivity index (χ3v) is 4.65. The van der Waals surface area contributed by atoms with E-state index in [-0.39, 0.29) is 22.2 Å². The van der Waals surface area contributed by atoms with Gasteiger partial charge >= 0.3 is 0 Å². The molecule has 1 rings (SSSR count). The molecular formula is C11H15ClN2O4S. The minimum Gasteiger partial charge on any atom is -0.327 e. The molecule has 0 saturated heterocycles. The van der Waals surface area contributed by atoms with Crippen molar-refractivity contribution in [2.45, 2.75) is 25.1 Å². The topological polar surface area (TPSA) is 103 Å². The molecule has 1 aromatic carbocycles. The third kappa shape index (κ3) is 4.77. The Labute approximate surface area is 116 Å². The molecule has 19 heavy (non-hydrogen) atoms. The van der Waals surface area contributed by atoms with Crippen LogP contribution in [0.15, 0.2) is 18.2 Å². The number of hydrogen-bond acceptors (Lipinski definition) is 5. The minimum atomic E-state index is -3.38. The summed E-state index contributed by atoms with van der Waals surface area (Å²) >= 11 is 5.85. The average molecular weight is 307 g/mol. The Balaban J connectivity index is 2.91. The number of nitro benzene ring substituents is 1. The van der Waals surface area contributed by atoms with Crippen molar-refractivity contribution >= 4 is 27.1 Å². The molecule has 0 aliphatic carbocycles. The molecule has 8 heteroatoms. The van der Waals surface area contributed by atoms with Gasteiger partial charge in [0, 0.05) is 18.2 Å². The van der Waals surface area contributed by atoms with E-state index in [1.165, 1.54) is 12.1 Å². The van der Waals surface area contributed by atoms with E-state index >= 15 is 0 Å². The van der Waals surface area contributed by atoms with Crippen LogP contribution in [0.5, 0.6) is 0 Å². The van der Waals surface area contributed by atoms with Crippen LogP contribution in [0.25, 0.3) is 0 Å². The standard InChI is InChI=1S/C11H15ClN2O4S/c1-2-9(13)7-19(17,18)6-8-3-4-10(14(15)16)5-11(8)12/h3-5,9H,2,6-7,13H2,1H3. The molecule has 0 saturated carbocycles. The lowest BCUT2D eigenvalue weighted by Gasteiger charge is -2.10. The largest absolute Gasteiger partial charge is 0.327 e. The molecule has 1 atom stereocenters. The monoisotopic (exact) mass is 306 g/mol. The summed E-state index contributed by atoms with van der Waals surface area (Å²) < 4.78 is 23.7. The Morgan fingerprint density at radius 3 is 2.58 bits per heavy atom. The van der Waals surface area contributed by atoms with E-state index in [0.717, 1.165) is 6.07 Å². The van der Waals surface area contributed by atoms with Crippen molar-refractivity contribution in [3.05, 3.63) is 38.9 Å². The predicted molar refractivity (Wildman–Crippen MR) is 73.9 cm³/mol. The maximum Gasteiger partial charge on any atom is 0.270 e. The van der Waals surface area contributed by atoms with Crippen LogP contribution >= 0.6 is 11.6 Å². The van der Waals surface area contributed by atoms with E-state index in [0.29, 0.717) is 12.0 Å². The van der Waals surface area contributed by atoms with Crippen LogP contribution in [0, 0.1) is 10.1 Å². The third-order valence-electron chi connectivity index (χ3n) is 2.62. The maximum absolute atomic E-state index is 11.9. The number of non-ortho nitro benzene ring substituents is 1. The second kappa shape index (κ2) is 6.31. The molecule has 1 aromatic rings. The first kappa shape index (κ1) is 15.9. The van der Waals surface area contributed by atoms with Crippen LogP contribution in [0.1, 0.15) is 18.9 Å². The zero-order valence-corrected chi connectivity index (χ0v) is 11.9. The van der Waals surface area contributed by atoms with Gasteiger partial charge in [-0.3, -0.25) is 10.1 Å².